The van der Waals surface area contributed by atoms with E-state index in [1.54, 1.807) is 86.6 Å². The number of nitriles is 1. The van der Waals surface area contributed by atoms with Crippen molar-refractivity contribution < 1.29 is 19.3 Å². The third-order valence-electron chi connectivity index (χ3n) is 4.31. The number of nitrogens with one attached hydrogen (secondary N) is 1. The molecule has 0 fully saturated rings. The Morgan fingerprint density at radius 2 is 1.58 bits per heavy atom. The largest absolute Gasteiger partial charge is 0.478 e. The molecule has 3 aromatic carbocycles. The zero-order valence-corrected chi connectivity index (χ0v) is 17.8. The predicted molar refractivity (Wildman–Crippen MR) is 118 cm³/mol. The number of hydrogen-bond donors (Lipinski definition) is 1. The lowest BCUT2D eigenvalue weighted by Crippen LogP contribution is -2.42. The van der Waals surface area contributed by atoms with Crippen LogP contribution in [0.4, 0.5) is 5.69 Å². The molecule has 0 bridgehead atoms. The Labute approximate surface area is 185 Å². The molecule has 0 saturated heterocycles. The van der Waals surface area contributed by atoms with Gasteiger partial charge in [-0.2, -0.15) is 10.1 Å². The van der Waals surface area contributed by atoms with Crippen molar-refractivity contribution in [2.45, 2.75) is 26.1 Å². The maximum absolute atomic E-state index is 12.6. The molecule has 0 saturated carbocycles. The normalized spacial score (nSPS) is 10.8. The molecule has 158 valence electrons. The van der Waals surface area contributed by atoms with Crippen LogP contribution in [0.3, 0.4) is 0 Å². The van der Waals surface area contributed by atoms with Crippen molar-refractivity contribution in [3.63, 3.8) is 0 Å². The van der Waals surface area contributed by atoms with Gasteiger partial charge in [-0.05, 0) is 80.1 Å². The summed E-state index contributed by atoms with van der Waals surface area (Å²) in [6.07, 6.45) is 0. The molecular weight excluding hydrogens is 416 g/mol. The highest BCUT2D eigenvalue weighted by Crippen LogP contribution is 2.23. The van der Waals surface area contributed by atoms with Gasteiger partial charge in [0.05, 0.1) is 11.6 Å². The Hall–Kier alpha value is -3.53. The first kappa shape index (κ1) is 22.2. The van der Waals surface area contributed by atoms with Gasteiger partial charge in [0.1, 0.15) is 12.4 Å². The highest BCUT2D eigenvalue weighted by atomic mass is 35.5. The van der Waals surface area contributed by atoms with Crippen molar-refractivity contribution in [1.29, 1.82) is 5.26 Å². The Kier molecular flexibility index (Phi) is 7.14. The van der Waals surface area contributed by atoms with Crippen LogP contribution in [0.5, 0.6) is 11.5 Å². The molecule has 0 aliphatic carbocycles. The molecule has 0 unspecified atom stereocenters. The summed E-state index contributed by atoms with van der Waals surface area (Å²) in [7, 11) is 0. The minimum atomic E-state index is -1.09. The average molecular weight is 437 g/mol. The van der Waals surface area contributed by atoms with Crippen molar-refractivity contribution in [3.05, 3.63) is 88.9 Å². The Balaban J connectivity index is 1.50. The molecule has 0 atom stereocenters. The minimum absolute atomic E-state index is 0.237. The van der Waals surface area contributed by atoms with Crippen LogP contribution >= 0.6 is 11.6 Å². The number of anilines is 1. The van der Waals surface area contributed by atoms with Crippen molar-refractivity contribution in [3.8, 4) is 17.6 Å². The van der Waals surface area contributed by atoms with E-state index in [2.05, 4.69) is 11.4 Å². The van der Waals surface area contributed by atoms with E-state index in [1.165, 1.54) is 0 Å². The van der Waals surface area contributed by atoms with Crippen LogP contribution in [0.2, 0.25) is 5.02 Å². The van der Waals surface area contributed by atoms with Crippen LogP contribution < -0.4 is 14.9 Å². The van der Waals surface area contributed by atoms with Gasteiger partial charge >= 0.3 is 0 Å². The van der Waals surface area contributed by atoms with E-state index in [0.29, 0.717) is 27.8 Å². The van der Waals surface area contributed by atoms with Gasteiger partial charge in [-0.15, -0.1) is 0 Å². The lowest BCUT2D eigenvalue weighted by atomic mass is 10.1. The predicted octanol–water partition coefficient (Wildman–Crippen LogP) is 5.52. The lowest BCUT2D eigenvalue weighted by Gasteiger charge is -2.25. The summed E-state index contributed by atoms with van der Waals surface area (Å²) in [5.41, 5.74) is 0.972. The molecule has 0 aliphatic rings. The van der Waals surface area contributed by atoms with E-state index < -0.39 is 5.60 Å². The zero-order chi connectivity index (χ0) is 22.3. The van der Waals surface area contributed by atoms with E-state index in [1.807, 2.05) is 0 Å². The van der Waals surface area contributed by atoms with Gasteiger partial charge in [-0.1, -0.05) is 23.7 Å². The Morgan fingerprint density at radius 1 is 0.968 bits per heavy atom. The number of nitrogens with zero attached hydrogens (tertiary/aromatic N) is 1. The molecule has 31 heavy (non-hydrogen) atoms. The highest BCUT2D eigenvalue weighted by molar-refractivity contribution is 6.30. The second kappa shape index (κ2) is 9.98. The summed E-state index contributed by atoms with van der Waals surface area (Å²) in [5, 5.41) is 12.2. The SMILES string of the molecule is CC(C)(Oc1ccc(Cl)cc1)C(=O)Nc1ccc(OOCc2ccc(C#N)cc2)cc1. The molecule has 0 aromatic heterocycles. The Morgan fingerprint density at radius 3 is 2.19 bits per heavy atom. The van der Waals surface area contributed by atoms with Crippen LogP contribution in [0, 0.1) is 11.3 Å². The fraction of sp³-hybridized carbons (Fsp3) is 0.167. The van der Waals surface area contributed by atoms with Gasteiger partial charge in [0.25, 0.3) is 5.91 Å². The third kappa shape index (κ3) is 6.48. The van der Waals surface area contributed by atoms with Crippen LogP contribution in [0.1, 0.15) is 25.0 Å². The van der Waals surface area contributed by atoms with E-state index in [-0.39, 0.29) is 12.5 Å². The third-order valence-corrected chi connectivity index (χ3v) is 4.56. The summed E-state index contributed by atoms with van der Waals surface area (Å²) in [4.78, 5) is 23.1. The summed E-state index contributed by atoms with van der Waals surface area (Å²) < 4.78 is 5.79. The van der Waals surface area contributed by atoms with Crippen molar-refractivity contribution in [2.24, 2.45) is 0 Å². The molecular formula is C24H21ClN2O4. The van der Waals surface area contributed by atoms with Gasteiger partial charge in [-0.25, -0.2) is 0 Å². The minimum Gasteiger partial charge on any atom is -0.478 e. The summed E-state index contributed by atoms with van der Waals surface area (Å²) in [6.45, 7) is 3.61. The standard InChI is InChI=1S/C24H21ClN2O4/c1-24(2,30-21-11-7-19(25)8-12-21)23(28)27-20-9-13-22(14-10-20)31-29-16-18-5-3-17(15-26)4-6-18/h3-14H,16H2,1-2H3,(H,27,28). The maximum Gasteiger partial charge on any atom is 0.267 e. The molecule has 0 aliphatic heterocycles. The molecule has 0 heterocycles. The number of benzene rings is 3. The zero-order valence-electron chi connectivity index (χ0n) is 17.1. The van der Waals surface area contributed by atoms with Crippen LogP contribution in [0.15, 0.2) is 72.8 Å². The molecule has 3 aromatic rings. The van der Waals surface area contributed by atoms with Crippen LogP contribution in [-0.2, 0) is 16.3 Å². The fourth-order valence-electron chi connectivity index (χ4n) is 2.56. The van der Waals surface area contributed by atoms with Crippen LogP contribution in [-0.4, -0.2) is 11.5 Å². The molecule has 1 N–H and O–H groups in total. The smallest absolute Gasteiger partial charge is 0.267 e. The van der Waals surface area contributed by atoms with Gasteiger partial charge < -0.3 is 14.9 Å². The van der Waals surface area contributed by atoms with E-state index >= 15 is 0 Å². The maximum atomic E-state index is 12.6. The van der Waals surface area contributed by atoms with E-state index in [0.717, 1.165) is 5.56 Å². The number of carbonyl (C=O) groups is 1. The number of amides is 1. The first-order valence-electron chi connectivity index (χ1n) is 9.50. The van der Waals surface area contributed by atoms with E-state index in [9.17, 15) is 4.79 Å². The van der Waals surface area contributed by atoms with Crippen LogP contribution in [0.25, 0.3) is 0 Å². The number of halogens is 1. The monoisotopic (exact) mass is 436 g/mol. The second-order valence-corrected chi connectivity index (χ2v) is 7.64. The lowest BCUT2D eigenvalue weighted by molar-refractivity contribution is -0.217. The molecule has 3 rings (SSSR count). The number of ether oxygens (including phenoxy) is 1. The summed E-state index contributed by atoms with van der Waals surface area (Å²) in [6, 6.07) is 22.7. The van der Waals surface area contributed by atoms with Gasteiger partial charge in [-0.3, -0.25) is 4.79 Å². The van der Waals surface area contributed by atoms with Crippen molar-refractivity contribution >= 4 is 23.2 Å². The Bertz CT molecular complexity index is 1060. The van der Waals surface area contributed by atoms with Gasteiger partial charge in [0.15, 0.2) is 11.4 Å². The van der Waals surface area contributed by atoms with Crippen molar-refractivity contribution in [1.82, 2.24) is 0 Å². The average Bonchev–Trinajstić information content (AvgIpc) is 2.77. The number of hydrogen-bond acceptors (Lipinski definition) is 5. The molecule has 7 heteroatoms. The summed E-state index contributed by atoms with van der Waals surface area (Å²) in [5.74, 6) is 0.740. The number of rotatable bonds is 8. The molecule has 1 amide bonds. The first-order chi connectivity index (χ1) is 14.9. The fourth-order valence-corrected chi connectivity index (χ4v) is 2.69. The number of carbonyl (C=O) groups excluding carboxylic acids is 1. The molecule has 6 nitrogen and oxygen atoms in total. The highest BCUT2D eigenvalue weighted by Gasteiger charge is 2.30. The van der Waals surface area contributed by atoms with Gasteiger partial charge in [0.2, 0.25) is 0 Å². The summed E-state index contributed by atoms with van der Waals surface area (Å²) >= 11 is 5.87. The van der Waals surface area contributed by atoms with Crippen molar-refractivity contribution in [2.75, 3.05) is 5.32 Å². The quantitative estimate of drug-likeness (QED) is 0.371. The van der Waals surface area contributed by atoms with Gasteiger partial charge in [0, 0.05) is 10.7 Å². The molecule has 0 radical (unpaired) electrons. The molecule has 0 spiro atoms. The first-order valence-corrected chi connectivity index (χ1v) is 9.88. The van der Waals surface area contributed by atoms with E-state index in [4.69, 9.17) is 31.4 Å². The second-order valence-electron chi connectivity index (χ2n) is 7.20. The topological polar surface area (TPSA) is 80.6 Å².